The topological polar surface area (TPSA) is 24.3 Å². The maximum Gasteiger partial charge on any atom is 0.206 e. The van der Waals surface area contributed by atoms with Crippen molar-refractivity contribution in [3.05, 3.63) is 24.3 Å². The lowest BCUT2D eigenvalue weighted by Crippen LogP contribution is -2.45. The van der Waals surface area contributed by atoms with Crippen molar-refractivity contribution in [3.8, 4) is 0 Å². The highest BCUT2D eigenvalue weighted by Crippen LogP contribution is 2.23. The van der Waals surface area contributed by atoms with Gasteiger partial charge in [-0.1, -0.05) is 12.1 Å². The summed E-state index contributed by atoms with van der Waals surface area (Å²) in [4.78, 5) is 9.58. The number of benzene rings is 1. The van der Waals surface area contributed by atoms with E-state index in [0.29, 0.717) is 0 Å². The molecule has 18 heavy (non-hydrogen) atoms. The number of likely N-dealkylation sites (N-methyl/N-ethyl adjacent to an activating group) is 1. The Morgan fingerprint density at radius 1 is 1.11 bits per heavy atom. The summed E-state index contributed by atoms with van der Waals surface area (Å²) in [7, 11) is 2.18. The first-order valence-electron chi connectivity index (χ1n) is 6.68. The van der Waals surface area contributed by atoms with Gasteiger partial charge in [-0.2, -0.15) is 0 Å². The van der Waals surface area contributed by atoms with Gasteiger partial charge in [0.05, 0.1) is 11.0 Å². The largest absolute Gasteiger partial charge is 0.340 e. The molecule has 2 aromatic rings. The molecule has 1 aliphatic rings. The first-order chi connectivity index (χ1) is 8.79. The molecule has 4 nitrogen and oxygen atoms in total. The molecular weight excluding hydrogens is 224 g/mol. The highest BCUT2D eigenvalue weighted by molar-refractivity contribution is 5.78. The van der Waals surface area contributed by atoms with E-state index in [9.17, 15) is 0 Å². The van der Waals surface area contributed by atoms with Gasteiger partial charge in [0.15, 0.2) is 0 Å². The molecule has 0 unspecified atom stereocenters. The van der Waals surface area contributed by atoms with E-state index in [1.807, 2.05) is 0 Å². The number of rotatable bonds is 2. The van der Waals surface area contributed by atoms with Crippen molar-refractivity contribution in [3.63, 3.8) is 0 Å². The highest BCUT2D eigenvalue weighted by Gasteiger charge is 2.19. The summed E-state index contributed by atoms with van der Waals surface area (Å²) in [6, 6.07) is 8.40. The second-order valence-electron chi connectivity index (χ2n) is 4.94. The number of hydrogen-bond donors (Lipinski definition) is 0. The van der Waals surface area contributed by atoms with Crippen LogP contribution >= 0.6 is 0 Å². The van der Waals surface area contributed by atoms with Gasteiger partial charge in [0, 0.05) is 32.7 Å². The van der Waals surface area contributed by atoms with Crippen molar-refractivity contribution in [1.29, 1.82) is 0 Å². The average Bonchev–Trinajstić information content (AvgIpc) is 2.78. The summed E-state index contributed by atoms with van der Waals surface area (Å²) < 4.78 is 2.32. The molecule has 1 aromatic heterocycles. The van der Waals surface area contributed by atoms with Gasteiger partial charge in [0.25, 0.3) is 0 Å². The quantitative estimate of drug-likeness (QED) is 0.805. The normalized spacial score (nSPS) is 17.6. The number of imidazole rings is 1. The molecule has 0 spiro atoms. The smallest absolute Gasteiger partial charge is 0.206 e. The molecule has 0 amide bonds. The van der Waals surface area contributed by atoms with Crippen molar-refractivity contribution in [2.24, 2.45) is 0 Å². The van der Waals surface area contributed by atoms with Gasteiger partial charge < -0.3 is 14.4 Å². The van der Waals surface area contributed by atoms with Crippen molar-refractivity contribution < 1.29 is 0 Å². The van der Waals surface area contributed by atoms with Crippen LogP contribution in [0, 0.1) is 0 Å². The van der Waals surface area contributed by atoms with Crippen molar-refractivity contribution in [1.82, 2.24) is 14.5 Å². The third-order valence-corrected chi connectivity index (χ3v) is 3.74. The minimum atomic E-state index is 0.974. The zero-order chi connectivity index (χ0) is 12.5. The van der Waals surface area contributed by atoms with Crippen molar-refractivity contribution in [2.45, 2.75) is 13.5 Å². The maximum atomic E-state index is 4.80. The Kier molecular flexibility index (Phi) is 2.96. The number of fused-ring (bicyclic) bond motifs is 1. The summed E-state index contributed by atoms with van der Waals surface area (Å²) in [5.74, 6) is 1.13. The van der Waals surface area contributed by atoms with Crippen LogP contribution in [-0.4, -0.2) is 47.7 Å². The third-order valence-electron chi connectivity index (χ3n) is 3.74. The Labute approximate surface area is 108 Å². The predicted octanol–water partition coefficient (Wildman–Crippen LogP) is 1.81. The monoisotopic (exact) mass is 244 g/mol. The predicted molar refractivity (Wildman–Crippen MR) is 75.1 cm³/mol. The summed E-state index contributed by atoms with van der Waals surface area (Å²) >= 11 is 0. The van der Waals surface area contributed by atoms with E-state index in [4.69, 9.17) is 4.98 Å². The van der Waals surface area contributed by atoms with E-state index in [0.717, 1.165) is 44.2 Å². The fourth-order valence-corrected chi connectivity index (χ4v) is 2.62. The summed E-state index contributed by atoms with van der Waals surface area (Å²) in [6.45, 7) is 7.54. The van der Waals surface area contributed by atoms with Crippen LogP contribution in [0.2, 0.25) is 0 Å². The summed E-state index contributed by atoms with van der Waals surface area (Å²) in [5.41, 5.74) is 2.35. The standard InChI is InChI=1S/C14H20N4/c1-3-18-13-7-5-4-6-12(13)15-14(18)17-10-8-16(2)9-11-17/h4-7H,3,8-11H2,1-2H3. The summed E-state index contributed by atoms with van der Waals surface area (Å²) in [5, 5.41) is 0. The molecule has 0 aliphatic carbocycles. The fourth-order valence-electron chi connectivity index (χ4n) is 2.62. The van der Waals surface area contributed by atoms with Crippen LogP contribution in [0.1, 0.15) is 6.92 Å². The SMILES string of the molecule is CCn1c(N2CCN(C)CC2)nc2ccccc21. The van der Waals surface area contributed by atoms with Crippen molar-refractivity contribution >= 4 is 17.0 Å². The molecule has 4 heteroatoms. The van der Waals surface area contributed by atoms with Crippen molar-refractivity contribution in [2.75, 3.05) is 38.1 Å². The van der Waals surface area contributed by atoms with Gasteiger partial charge in [0.2, 0.25) is 5.95 Å². The lowest BCUT2D eigenvalue weighted by molar-refractivity contribution is 0.310. The molecule has 1 saturated heterocycles. The van der Waals surface area contributed by atoms with Crippen LogP contribution in [0.25, 0.3) is 11.0 Å². The molecule has 1 fully saturated rings. The van der Waals surface area contributed by atoms with Gasteiger partial charge in [-0.05, 0) is 26.1 Å². The molecule has 0 bridgehead atoms. The van der Waals surface area contributed by atoms with E-state index >= 15 is 0 Å². The van der Waals surface area contributed by atoms with Gasteiger partial charge in [0.1, 0.15) is 0 Å². The van der Waals surface area contributed by atoms with Gasteiger partial charge in [-0.3, -0.25) is 0 Å². The Morgan fingerprint density at radius 3 is 2.56 bits per heavy atom. The molecule has 1 aromatic carbocycles. The molecule has 96 valence electrons. The zero-order valence-electron chi connectivity index (χ0n) is 11.1. The molecule has 3 rings (SSSR count). The number of para-hydroxylation sites is 2. The molecule has 0 radical (unpaired) electrons. The Morgan fingerprint density at radius 2 is 1.83 bits per heavy atom. The molecule has 2 heterocycles. The molecule has 0 N–H and O–H groups in total. The first-order valence-corrected chi connectivity index (χ1v) is 6.68. The molecule has 1 aliphatic heterocycles. The maximum absolute atomic E-state index is 4.80. The van der Waals surface area contributed by atoms with Gasteiger partial charge in [-0.25, -0.2) is 4.98 Å². The second kappa shape index (κ2) is 4.61. The van der Waals surface area contributed by atoms with Crippen LogP contribution < -0.4 is 4.90 Å². The third kappa shape index (κ3) is 1.86. The van der Waals surface area contributed by atoms with Crippen LogP contribution in [0.4, 0.5) is 5.95 Å². The lowest BCUT2D eigenvalue weighted by atomic mass is 10.3. The first kappa shape index (κ1) is 11.5. The van der Waals surface area contributed by atoms with Crippen LogP contribution in [0.3, 0.4) is 0 Å². The highest BCUT2D eigenvalue weighted by atomic mass is 15.3. The van der Waals surface area contributed by atoms with Crippen LogP contribution in [0.5, 0.6) is 0 Å². The van der Waals surface area contributed by atoms with Gasteiger partial charge >= 0.3 is 0 Å². The Balaban J connectivity index is 2.00. The molecule has 0 atom stereocenters. The minimum Gasteiger partial charge on any atom is -0.340 e. The number of hydrogen-bond acceptors (Lipinski definition) is 3. The fraction of sp³-hybridized carbons (Fsp3) is 0.500. The average molecular weight is 244 g/mol. The summed E-state index contributed by atoms with van der Waals surface area (Å²) in [6.07, 6.45) is 0. The molecular formula is C14H20N4. The van der Waals surface area contributed by atoms with Crippen LogP contribution in [0.15, 0.2) is 24.3 Å². The van der Waals surface area contributed by atoms with E-state index in [1.54, 1.807) is 0 Å². The lowest BCUT2D eigenvalue weighted by Gasteiger charge is -2.33. The minimum absolute atomic E-state index is 0.974. The molecule has 0 saturated carbocycles. The Bertz CT molecular complexity index is 538. The number of anilines is 1. The van der Waals surface area contributed by atoms with E-state index < -0.39 is 0 Å². The van der Waals surface area contributed by atoms with E-state index in [-0.39, 0.29) is 0 Å². The second-order valence-corrected chi connectivity index (χ2v) is 4.94. The van der Waals surface area contributed by atoms with Gasteiger partial charge in [-0.15, -0.1) is 0 Å². The number of aromatic nitrogens is 2. The number of nitrogens with zero attached hydrogens (tertiary/aromatic N) is 4. The Hall–Kier alpha value is -1.55. The number of aryl methyl sites for hydroxylation is 1. The number of piperazine rings is 1. The van der Waals surface area contributed by atoms with E-state index in [1.165, 1.54) is 5.52 Å². The zero-order valence-corrected chi connectivity index (χ0v) is 11.1. The van der Waals surface area contributed by atoms with E-state index in [2.05, 4.69) is 52.6 Å². The van der Waals surface area contributed by atoms with Crippen LogP contribution in [-0.2, 0) is 6.54 Å².